The number of hydrogen-bond acceptors (Lipinski definition) is 4. The van der Waals surface area contributed by atoms with Crippen molar-refractivity contribution in [2.24, 2.45) is 0 Å². The number of benzene rings is 1. The zero-order valence-electron chi connectivity index (χ0n) is 12.5. The summed E-state index contributed by atoms with van der Waals surface area (Å²) in [6.07, 6.45) is -0.346. The number of fused-ring (bicyclic) bond motifs is 1. The third kappa shape index (κ3) is 2.83. The molecule has 0 radical (unpaired) electrons. The molecule has 2 fully saturated rings. The van der Waals surface area contributed by atoms with E-state index in [0.717, 1.165) is 6.42 Å². The molecule has 2 aliphatic rings. The van der Waals surface area contributed by atoms with Gasteiger partial charge < -0.3 is 18.9 Å². The number of halogens is 1. The van der Waals surface area contributed by atoms with E-state index in [2.05, 4.69) is 0 Å². The first-order valence-corrected chi connectivity index (χ1v) is 7.38. The van der Waals surface area contributed by atoms with Gasteiger partial charge in [0.15, 0.2) is 12.1 Å². The Morgan fingerprint density at radius 3 is 2.76 bits per heavy atom. The van der Waals surface area contributed by atoms with Crippen molar-refractivity contribution in [3.63, 3.8) is 0 Å². The molecular formula is C16H21FO4. The van der Waals surface area contributed by atoms with Crippen LogP contribution < -0.4 is 0 Å². The first-order chi connectivity index (χ1) is 10.0. The van der Waals surface area contributed by atoms with Crippen molar-refractivity contribution in [3.8, 4) is 0 Å². The van der Waals surface area contributed by atoms with E-state index in [0.29, 0.717) is 5.56 Å². The monoisotopic (exact) mass is 296 g/mol. The molecule has 0 bridgehead atoms. The molecule has 1 aromatic carbocycles. The lowest BCUT2D eigenvalue weighted by molar-refractivity contribution is -0.227. The third-order valence-electron chi connectivity index (χ3n) is 4.19. The highest BCUT2D eigenvalue weighted by molar-refractivity contribution is 5.16. The third-order valence-corrected chi connectivity index (χ3v) is 4.19. The van der Waals surface area contributed by atoms with Gasteiger partial charge in [-0.2, -0.15) is 0 Å². The molecule has 0 N–H and O–H groups in total. The summed E-state index contributed by atoms with van der Waals surface area (Å²) < 4.78 is 37.0. The quantitative estimate of drug-likeness (QED) is 0.856. The maximum absolute atomic E-state index is 13.6. The van der Waals surface area contributed by atoms with Crippen molar-refractivity contribution in [3.05, 3.63) is 35.6 Å². The van der Waals surface area contributed by atoms with Crippen molar-refractivity contribution in [1.82, 2.24) is 0 Å². The summed E-state index contributed by atoms with van der Waals surface area (Å²) >= 11 is 0. The van der Waals surface area contributed by atoms with E-state index in [1.807, 2.05) is 20.8 Å². The average molecular weight is 296 g/mol. The highest BCUT2D eigenvalue weighted by atomic mass is 19.1. The van der Waals surface area contributed by atoms with Gasteiger partial charge in [0.1, 0.15) is 18.0 Å². The Bertz CT molecular complexity index is 509. The van der Waals surface area contributed by atoms with Gasteiger partial charge in [-0.25, -0.2) is 4.39 Å². The minimum Gasteiger partial charge on any atom is -0.368 e. The predicted molar refractivity (Wildman–Crippen MR) is 74.0 cm³/mol. The maximum Gasteiger partial charge on any atom is 0.190 e. The largest absolute Gasteiger partial charge is 0.368 e. The summed E-state index contributed by atoms with van der Waals surface area (Å²) in [6, 6.07) is 6.61. The van der Waals surface area contributed by atoms with E-state index < -0.39 is 12.1 Å². The second-order valence-electron chi connectivity index (χ2n) is 5.76. The second kappa shape index (κ2) is 5.65. The predicted octanol–water partition coefficient (Wildman–Crippen LogP) is 3.00. The Kier molecular flexibility index (Phi) is 4.01. The van der Waals surface area contributed by atoms with Crippen molar-refractivity contribution in [1.29, 1.82) is 0 Å². The summed E-state index contributed by atoms with van der Waals surface area (Å²) in [5, 5.41) is 0. The van der Waals surface area contributed by atoms with Gasteiger partial charge in [-0.1, -0.05) is 25.1 Å². The van der Waals surface area contributed by atoms with Gasteiger partial charge in [-0.15, -0.1) is 0 Å². The Balaban J connectivity index is 1.66. The van der Waals surface area contributed by atoms with Gasteiger partial charge in [0.25, 0.3) is 0 Å². The van der Waals surface area contributed by atoms with Crippen molar-refractivity contribution in [2.45, 2.75) is 64.2 Å². The lowest BCUT2D eigenvalue weighted by atomic mass is 10.1. The Morgan fingerprint density at radius 1 is 1.29 bits per heavy atom. The van der Waals surface area contributed by atoms with Crippen LogP contribution in [-0.4, -0.2) is 30.4 Å². The van der Waals surface area contributed by atoms with Crippen LogP contribution >= 0.6 is 0 Å². The van der Waals surface area contributed by atoms with Crippen molar-refractivity contribution >= 4 is 0 Å². The first kappa shape index (κ1) is 14.9. The van der Waals surface area contributed by atoms with Crippen LogP contribution in [0.4, 0.5) is 4.39 Å². The van der Waals surface area contributed by atoms with E-state index in [1.54, 1.807) is 18.2 Å². The molecule has 5 atom stereocenters. The summed E-state index contributed by atoms with van der Waals surface area (Å²) in [5.41, 5.74) is 0.533. The van der Waals surface area contributed by atoms with Crippen LogP contribution in [0.3, 0.4) is 0 Å². The van der Waals surface area contributed by atoms with Gasteiger partial charge >= 0.3 is 0 Å². The molecule has 0 aliphatic carbocycles. The molecule has 5 heteroatoms. The van der Waals surface area contributed by atoms with Gasteiger partial charge in [-0.3, -0.25) is 0 Å². The Hall–Kier alpha value is -1.01. The summed E-state index contributed by atoms with van der Waals surface area (Å²) in [7, 11) is 0. The lowest BCUT2D eigenvalue weighted by Crippen LogP contribution is -2.36. The smallest absolute Gasteiger partial charge is 0.190 e. The summed E-state index contributed by atoms with van der Waals surface area (Å²) in [6.45, 7) is 6.01. The van der Waals surface area contributed by atoms with Crippen molar-refractivity contribution < 1.29 is 23.3 Å². The SMILES string of the molecule is CCC1(C)O[C@H]2O[C@H](C)[C@H](OCc3ccccc3F)[C@H]2O1. The number of hydrogen-bond donors (Lipinski definition) is 0. The summed E-state index contributed by atoms with van der Waals surface area (Å²) in [5.74, 6) is -0.891. The normalized spacial score (nSPS) is 38.7. The molecule has 21 heavy (non-hydrogen) atoms. The molecular weight excluding hydrogens is 275 g/mol. The zero-order chi connectivity index (χ0) is 15.0. The van der Waals surface area contributed by atoms with E-state index in [-0.39, 0.29) is 30.7 Å². The molecule has 4 nitrogen and oxygen atoms in total. The standard InChI is InChI=1S/C16H21FO4/c1-4-16(3)20-14-13(10(2)19-15(14)21-16)18-9-11-7-5-6-8-12(11)17/h5-8,10,13-15H,4,9H2,1-3H3/t10-,13+,14-,15-,16?/m1/s1. The molecule has 0 aromatic heterocycles. The Morgan fingerprint density at radius 2 is 2.05 bits per heavy atom. The van der Waals surface area contributed by atoms with E-state index in [9.17, 15) is 4.39 Å². The van der Waals surface area contributed by atoms with Gasteiger partial charge in [0.05, 0.1) is 12.7 Å². The minimum absolute atomic E-state index is 0.145. The van der Waals surface area contributed by atoms with Crippen LogP contribution in [0.25, 0.3) is 0 Å². The molecule has 116 valence electrons. The summed E-state index contributed by atoms with van der Waals surface area (Å²) in [4.78, 5) is 0. The van der Waals surface area contributed by atoms with Gasteiger partial charge in [0, 0.05) is 5.56 Å². The second-order valence-corrected chi connectivity index (χ2v) is 5.76. The maximum atomic E-state index is 13.6. The highest BCUT2D eigenvalue weighted by Gasteiger charge is 2.55. The molecule has 0 spiro atoms. The van der Waals surface area contributed by atoms with Crippen LogP contribution in [0, 0.1) is 5.82 Å². The van der Waals surface area contributed by atoms with Crippen molar-refractivity contribution in [2.75, 3.05) is 0 Å². The molecule has 0 saturated carbocycles. The lowest BCUT2D eigenvalue weighted by Gasteiger charge is -2.26. The van der Waals surface area contributed by atoms with Crippen LogP contribution in [0.1, 0.15) is 32.8 Å². The highest BCUT2D eigenvalue weighted by Crippen LogP contribution is 2.40. The molecule has 1 unspecified atom stereocenters. The molecule has 0 amide bonds. The van der Waals surface area contributed by atoms with Crippen LogP contribution in [0.5, 0.6) is 0 Å². The number of ether oxygens (including phenoxy) is 4. The molecule has 3 rings (SSSR count). The van der Waals surface area contributed by atoms with Crippen LogP contribution in [0.15, 0.2) is 24.3 Å². The fourth-order valence-electron chi connectivity index (χ4n) is 2.77. The molecule has 2 aliphatic heterocycles. The number of rotatable bonds is 4. The first-order valence-electron chi connectivity index (χ1n) is 7.38. The minimum atomic E-state index is -0.630. The zero-order valence-corrected chi connectivity index (χ0v) is 12.5. The van der Waals surface area contributed by atoms with Crippen LogP contribution in [-0.2, 0) is 25.6 Å². The van der Waals surface area contributed by atoms with Gasteiger partial charge in [0.2, 0.25) is 0 Å². The van der Waals surface area contributed by atoms with E-state index >= 15 is 0 Å². The fourth-order valence-corrected chi connectivity index (χ4v) is 2.77. The topological polar surface area (TPSA) is 36.9 Å². The molecule has 2 saturated heterocycles. The molecule has 1 aromatic rings. The average Bonchev–Trinajstić information content (AvgIpc) is 2.92. The van der Waals surface area contributed by atoms with E-state index in [1.165, 1.54) is 6.07 Å². The Labute approximate surface area is 124 Å². The van der Waals surface area contributed by atoms with E-state index in [4.69, 9.17) is 18.9 Å². The van der Waals surface area contributed by atoms with Crippen LogP contribution in [0.2, 0.25) is 0 Å². The van der Waals surface area contributed by atoms with Gasteiger partial charge in [-0.05, 0) is 26.3 Å². The fraction of sp³-hybridized carbons (Fsp3) is 0.625. The molecule has 2 heterocycles.